The first-order chi connectivity index (χ1) is 16.5. The van der Waals surface area contributed by atoms with E-state index in [-0.39, 0.29) is 23.1 Å². The first kappa shape index (κ1) is 24.7. The van der Waals surface area contributed by atoms with Crippen LogP contribution in [0.25, 0.3) is 10.9 Å². The largest absolute Gasteiger partial charge is 0.433 e. The number of aliphatic hydroxyl groups excluding tert-OH is 1. The molecule has 35 heavy (non-hydrogen) atoms. The van der Waals surface area contributed by atoms with Crippen LogP contribution in [0.3, 0.4) is 0 Å². The molecular weight excluding hydrogens is 472 g/mol. The minimum atomic E-state index is -5.01. The van der Waals surface area contributed by atoms with Crippen LogP contribution in [0, 0.1) is 0 Å². The topological polar surface area (TPSA) is 42.4 Å². The van der Waals surface area contributed by atoms with E-state index in [1.165, 1.54) is 12.1 Å². The lowest BCUT2D eigenvalue weighted by atomic mass is 9.94. The molecule has 4 rings (SSSR count). The van der Waals surface area contributed by atoms with Crippen LogP contribution in [-0.2, 0) is 30.3 Å². The van der Waals surface area contributed by atoms with Crippen molar-refractivity contribution in [2.24, 2.45) is 0 Å². The molecular formula is C26H19F6NO2. The summed E-state index contributed by atoms with van der Waals surface area (Å²) in [5.41, 5.74) is -2.21. The highest BCUT2D eigenvalue weighted by molar-refractivity contribution is 5.86. The van der Waals surface area contributed by atoms with Crippen molar-refractivity contribution in [3.05, 3.63) is 112 Å². The first-order valence-electron chi connectivity index (χ1n) is 10.5. The second-order valence-electron chi connectivity index (χ2n) is 7.92. The molecule has 1 N–H and O–H groups in total. The number of para-hydroxylation sites is 1. The first-order valence-corrected chi connectivity index (χ1v) is 10.5. The van der Waals surface area contributed by atoms with E-state index in [2.05, 4.69) is 4.98 Å². The Kier molecular flexibility index (Phi) is 6.82. The van der Waals surface area contributed by atoms with Crippen LogP contribution in [0.5, 0.6) is 0 Å². The fraction of sp³-hybridized carbons (Fsp3) is 0.192. The van der Waals surface area contributed by atoms with Crippen LogP contribution in [0.4, 0.5) is 26.3 Å². The van der Waals surface area contributed by atoms with Gasteiger partial charge in [-0.15, -0.1) is 0 Å². The predicted molar refractivity (Wildman–Crippen MR) is 117 cm³/mol. The van der Waals surface area contributed by atoms with Crippen LogP contribution in [0.1, 0.15) is 39.6 Å². The fourth-order valence-electron chi connectivity index (χ4n) is 3.77. The molecule has 3 aromatic carbocycles. The number of benzene rings is 3. The maximum Gasteiger partial charge on any atom is 0.433 e. The molecule has 0 aliphatic heterocycles. The Bertz CT molecular complexity index is 1320. The highest BCUT2D eigenvalue weighted by atomic mass is 19.4. The highest BCUT2D eigenvalue weighted by Crippen LogP contribution is 2.40. The molecule has 182 valence electrons. The molecule has 0 radical (unpaired) electrons. The van der Waals surface area contributed by atoms with E-state index < -0.39 is 35.2 Å². The Labute approximate surface area is 196 Å². The van der Waals surface area contributed by atoms with Gasteiger partial charge in [-0.05, 0) is 34.4 Å². The van der Waals surface area contributed by atoms with Gasteiger partial charge >= 0.3 is 12.4 Å². The summed E-state index contributed by atoms with van der Waals surface area (Å²) in [7, 11) is 0. The number of alkyl halides is 6. The number of rotatable bonds is 6. The summed E-state index contributed by atoms with van der Waals surface area (Å²) < 4.78 is 86.6. The number of halogens is 6. The molecule has 9 heteroatoms. The third-order valence-corrected chi connectivity index (χ3v) is 5.41. The van der Waals surface area contributed by atoms with Crippen LogP contribution in [0.15, 0.2) is 78.9 Å². The van der Waals surface area contributed by atoms with Crippen molar-refractivity contribution in [1.29, 1.82) is 0 Å². The number of fused-ring (bicyclic) bond motifs is 1. The van der Waals surface area contributed by atoms with Gasteiger partial charge in [0, 0.05) is 5.39 Å². The van der Waals surface area contributed by atoms with Crippen molar-refractivity contribution in [2.75, 3.05) is 0 Å². The summed E-state index contributed by atoms with van der Waals surface area (Å²) in [5, 5.41) is 10.8. The maximum atomic E-state index is 13.5. The van der Waals surface area contributed by atoms with Crippen LogP contribution in [0.2, 0.25) is 0 Å². The van der Waals surface area contributed by atoms with Gasteiger partial charge in [0.1, 0.15) is 11.8 Å². The number of hydrogen-bond donors (Lipinski definition) is 1. The molecule has 0 spiro atoms. The molecule has 0 saturated heterocycles. The number of pyridine rings is 1. The Morgan fingerprint density at radius 2 is 1.40 bits per heavy atom. The lowest BCUT2D eigenvalue weighted by molar-refractivity contribution is -0.142. The summed E-state index contributed by atoms with van der Waals surface area (Å²) in [6, 6.07) is 19.3. The summed E-state index contributed by atoms with van der Waals surface area (Å²) in [5.74, 6) is 0. The standard InChI is InChI=1S/C26H19F6NO2/c27-25(28,29)21-11-5-10-19-20(13-22(26(30,31)32)33-23(19)21)24(34)18-9-4-8-17(12-18)15-35-14-16-6-2-1-3-7-16/h1-13,24,34H,14-15H2. The summed E-state index contributed by atoms with van der Waals surface area (Å²) in [4.78, 5) is 3.26. The zero-order valence-corrected chi connectivity index (χ0v) is 18.1. The van der Waals surface area contributed by atoms with E-state index in [1.807, 2.05) is 30.3 Å². The second-order valence-corrected chi connectivity index (χ2v) is 7.92. The van der Waals surface area contributed by atoms with Crippen molar-refractivity contribution in [3.63, 3.8) is 0 Å². The molecule has 1 atom stereocenters. The molecule has 1 heterocycles. The van der Waals surface area contributed by atoms with Crippen molar-refractivity contribution in [1.82, 2.24) is 4.98 Å². The maximum absolute atomic E-state index is 13.5. The monoisotopic (exact) mass is 491 g/mol. The molecule has 0 aliphatic rings. The summed E-state index contributed by atoms with van der Waals surface area (Å²) >= 11 is 0. The minimum absolute atomic E-state index is 0.165. The zero-order chi connectivity index (χ0) is 25.2. The van der Waals surface area contributed by atoms with Gasteiger partial charge in [-0.3, -0.25) is 0 Å². The normalized spacial score (nSPS) is 13.2. The van der Waals surface area contributed by atoms with Crippen molar-refractivity contribution < 1.29 is 36.2 Å². The molecule has 0 amide bonds. The Hall–Kier alpha value is -3.43. The number of aromatic nitrogens is 1. The molecule has 4 aromatic rings. The summed E-state index contributed by atoms with van der Waals surface area (Å²) in [6.07, 6.45) is -11.6. The van der Waals surface area contributed by atoms with Gasteiger partial charge in [-0.1, -0.05) is 66.7 Å². The van der Waals surface area contributed by atoms with Gasteiger partial charge in [-0.25, -0.2) is 4.98 Å². The van der Waals surface area contributed by atoms with E-state index in [4.69, 9.17) is 4.74 Å². The summed E-state index contributed by atoms with van der Waals surface area (Å²) in [6.45, 7) is 0.496. The highest BCUT2D eigenvalue weighted by Gasteiger charge is 2.38. The molecule has 0 aliphatic carbocycles. The smallest absolute Gasteiger partial charge is 0.384 e. The second kappa shape index (κ2) is 9.67. The Balaban J connectivity index is 1.70. The number of aliphatic hydroxyl groups is 1. The molecule has 0 saturated carbocycles. The molecule has 0 fully saturated rings. The van der Waals surface area contributed by atoms with E-state index >= 15 is 0 Å². The van der Waals surface area contributed by atoms with E-state index in [0.29, 0.717) is 24.3 Å². The van der Waals surface area contributed by atoms with E-state index in [1.54, 1.807) is 18.2 Å². The fourth-order valence-corrected chi connectivity index (χ4v) is 3.77. The SMILES string of the molecule is OC(c1cccc(COCc2ccccc2)c1)c1cc(C(F)(F)F)nc2c(C(F)(F)F)cccc12. The number of hydrogen-bond acceptors (Lipinski definition) is 3. The third kappa shape index (κ3) is 5.63. The van der Waals surface area contributed by atoms with E-state index in [9.17, 15) is 31.4 Å². The van der Waals surface area contributed by atoms with Crippen LogP contribution in [-0.4, -0.2) is 10.1 Å². The number of nitrogens with zero attached hydrogens (tertiary/aromatic N) is 1. The minimum Gasteiger partial charge on any atom is -0.384 e. The Morgan fingerprint density at radius 3 is 2.09 bits per heavy atom. The van der Waals surface area contributed by atoms with Crippen molar-refractivity contribution >= 4 is 10.9 Å². The lowest BCUT2D eigenvalue weighted by Gasteiger charge is -2.19. The van der Waals surface area contributed by atoms with Gasteiger partial charge < -0.3 is 9.84 Å². The average Bonchev–Trinajstić information content (AvgIpc) is 2.82. The average molecular weight is 491 g/mol. The van der Waals surface area contributed by atoms with Crippen molar-refractivity contribution in [2.45, 2.75) is 31.7 Å². The Morgan fingerprint density at radius 1 is 0.743 bits per heavy atom. The lowest BCUT2D eigenvalue weighted by Crippen LogP contribution is -2.14. The predicted octanol–water partition coefficient (Wildman–Crippen LogP) is 7.07. The van der Waals surface area contributed by atoms with Crippen LogP contribution < -0.4 is 0 Å². The van der Waals surface area contributed by atoms with Crippen LogP contribution >= 0.6 is 0 Å². The molecule has 3 nitrogen and oxygen atoms in total. The van der Waals surface area contributed by atoms with Gasteiger partial charge in [0.15, 0.2) is 0 Å². The molecule has 1 aromatic heterocycles. The third-order valence-electron chi connectivity index (χ3n) is 5.41. The van der Waals surface area contributed by atoms with Gasteiger partial charge in [-0.2, -0.15) is 26.3 Å². The molecule has 1 unspecified atom stereocenters. The molecule has 0 bridgehead atoms. The van der Waals surface area contributed by atoms with Gasteiger partial charge in [0.2, 0.25) is 0 Å². The number of ether oxygens (including phenoxy) is 1. The zero-order valence-electron chi connectivity index (χ0n) is 18.1. The van der Waals surface area contributed by atoms with E-state index in [0.717, 1.165) is 11.6 Å². The van der Waals surface area contributed by atoms with Gasteiger partial charge in [0.25, 0.3) is 0 Å². The van der Waals surface area contributed by atoms with Gasteiger partial charge in [0.05, 0.1) is 24.3 Å². The van der Waals surface area contributed by atoms with Crippen molar-refractivity contribution in [3.8, 4) is 0 Å². The quantitative estimate of drug-likeness (QED) is 0.294.